The maximum Gasteiger partial charge on any atom is 0.412 e. The molecule has 11 nitrogen and oxygen atoms in total. The zero-order valence-corrected chi connectivity index (χ0v) is 33.8. The number of benzene rings is 1. The molecule has 1 saturated heterocycles. The first-order valence-electron chi connectivity index (χ1n) is 20.8. The van der Waals surface area contributed by atoms with Gasteiger partial charge in [0.25, 0.3) is 0 Å². The summed E-state index contributed by atoms with van der Waals surface area (Å²) in [7, 11) is 0. The summed E-state index contributed by atoms with van der Waals surface area (Å²) in [5, 5.41) is 22.9. The van der Waals surface area contributed by atoms with E-state index in [4.69, 9.17) is 19.9 Å². The molecule has 0 aromatic heterocycles. The maximum atomic E-state index is 12.0. The van der Waals surface area contributed by atoms with E-state index in [1.165, 1.54) is 108 Å². The zero-order chi connectivity index (χ0) is 39.4. The summed E-state index contributed by atoms with van der Waals surface area (Å²) < 4.78 is 16.1. The summed E-state index contributed by atoms with van der Waals surface area (Å²) in [5.41, 5.74) is 5.94. The molecule has 1 aromatic rings. The highest BCUT2D eigenvalue weighted by molar-refractivity contribution is 5.73. The van der Waals surface area contributed by atoms with Crippen LogP contribution >= 0.6 is 0 Å². The summed E-state index contributed by atoms with van der Waals surface area (Å²) in [6.07, 6.45) is 23.2. The average molecular weight is 752 g/mol. The number of hydrogen-bond acceptors (Lipinski definition) is 8. The van der Waals surface area contributed by atoms with Crippen LogP contribution in [-0.2, 0) is 30.4 Å². The highest BCUT2D eigenvalue weighted by atomic mass is 16.6. The van der Waals surface area contributed by atoms with Crippen molar-refractivity contribution in [1.82, 2.24) is 10.2 Å². The second kappa shape index (κ2) is 36.3. The maximum absolute atomic E-state index is 12.0. The van der Waals surface area contributed by atoms with Crippen LogP contribution in [0.1, 0.15) is 168 Å². The number of ether oxygens (including phenoxy) is 3. The molecular formula is C42H77N3O8. The van der Waals surface area contributed by atoms with E-state index in [2.05, 4.69) is 19.2 Å². The fourth-order valence-electron chi connectivity index (χ4n) is 5.87. The molecule has 4 atom stereocenters. The van der Waals surface area contributed by atoms with E-state index in [1.807, 2.05) is 37.3 Å². The van der Waals surface area contributed by atoms with Crippen LogP contribution in [0.25, 0.3) is 0 Å². The van der Waals surface area contributed by atoms with Crippen molar-refractivity contribution < 1.29 is 38.8 Å². The molecule has 2 rings (SSSR count). The van der Waals surface area contributed by atoms with E-state index in [-0.39, 0.29) is 19.1 Å². The van der Waals surface area contributed by atoms with E-state index in [0.717, 1.165) is 37.8 Å². The number of aliphatic hydroxyl groups is 2. The Morgan fingerprint density at radius 1 is 0.830 bits per heavy atom. The number of carbonyl (C=O) groups is 3. The number of rotatable bonds is 31. The minimum atomic E-state index is -1.36. The average Bonchev–Trinajstić information content (AvgIpc) is 3.54. The van der Waals surface area contributed by atoms with Crippen molar-refractivity contribution in [3.63, 3.8) is 0 Å². The molecule has 11 heteroatoms. The van der Waals surface area contributed by atoms with E-state index in [1.54, 1.807) is 6.92 Å². The normalized spacial score (nSPS) is 15.3. The third-order valence-corrected chi connectivity index (χ3v) is 9.06. The van der Waals surface area contributed by atoms with Gasteiger partial charge in [0, 0.05) is 19.6 Å². The summed E-state index contributed by atoms with van der Waals surface area (Å²) in [6, 6.07) is 8.79. The summed E-state index contributed by atoms with van der Waals surface area (Å²) in [4.78, 5) is 33.6. The van der Waals surface area contributed by atoms with Crippen molar-refractivity contribution in [3.8, 4) is 0 Å². The Kier molecular flexibility index (Phi) is 34.4. The summed E-state index contributed by atoms with van der Waals surface area (Å²) in [5.74, 6) is -0.159. The minimum Gasteiger partial charge on any atom is -0.447 e. The molecule has 0 aliphatic carbocycles. The van der Waals surface area contributed by atoms with Crippen LogP contribution in [0.4, 0.5) is 4.79 Å². The van der Waals surface area contributed by atoms with Crippen LogP contribution in [-0.4, -0.2) is 77.9 Å². The predicted octanol–water partition coefficient (Wildman–Crippen LogP) is 8.52. The number of nitrogens with two attached hydrogens (primary N) is 1. The lowest BCUT2D eigenvalue weighted by molar-refractivity contribution is -0.225. The van der Waals surface area contributed by atoms with E-state index in [0.29, 0.717) is 19.4 Å². The number of hydrogen-bond donors (Lipinski definition) is 4. The number of amides is 3. The highest BCUT2D eigenvalue weighted by Gasteiger charge is 2.44. The number of primary amides is 1. The Labute approximate surface area is 322 Å². The zero-order valence-electron chi connectivity index (χ0n) is 33.8. The Bertz CT molecular complexity index is 984. The Balaban J connectivity index is 0.000000813. The standard InChI is InChI=1S/C17H25NO6.C13H27NO.C12H25NO/c1-3-9-22-15(18-14(12(2)19)11-24-17(18)21)16(20)23-10-13-7-5-4-6-8-13;1-2-3-4-5-6-7-8-9-10-11-12-14-13-15;1-2-3-4-5-6-7-8-9-10-11-12(13)14/h4-8,12,14-16,19-20H,3,9-11H2,1-2H3;13H,2-12H2,1H3,(H,14,15);2-11H2,1H3,(H2,13,14)/t12?,14?,15?,16-;;/m0../s1. The van der Waals surface area contributed by atoms with Crippen LogP contribution in [0.15, 0.2) is 30.3 Å². The molecule has 0 radical (unpaired) electrons. The fraction of sp³-hybridized carbons (Fsp3) is 0.786. The molecule has 1 heterocycles. The largest absolute Gasteiger partial charge is 0.447 e. The molecule has 308 valence electrons. The van der Waals surface area contributed by atoms with Gasteiger partial charge >= 0.3 is 6.09 Å². The SMILES string of the molecule is CCCCCCCCCCCC(N)=O.CCCCCCCCCCCCNC=O.CCCOC([C@@H](O)OCc1ccccc1)N1C(=O)OCC1C(C)O. The first-order chi connectivity index (χ1) is 25.7. The minimum absolute atomic E-state index is 0.0495. The molecule has 53 heavy (non-hydrogen) atoms. The smallest absolute Gasteiger partial charge is 0.412 e. The monoisotopic (exact) mass is 752 g/mol. The molecule has 3 amide bonds. The van der Waals surface area contributed by atoms with Gasteiger partial charge in [-0.2, -0.15) is 0 Å². The molecule has 1 aliphatic heterocycles. The van der Waals surface area contributed by atoms with Crippen LogP contribution < -0.4 is 11.1 Å². The van der Waals surface area contributed by atoms with Gasteiger partial charge in [-0.3, -0.25) is 14.5 Å². The number of carbonyl (C=O) groups excluding carboxylic acids is 3. The molecule has 0 bridgehead atoms. The van der Waals surface area contributed by atoms with Crippen LogP contribution in [0.3, 0.4) is 0 Å². The summed E-state index contributed by atoms with van der Waals surface area (Å²) in [6.45, 7) is 9.39. The molecular weight excluding hydrogens is 674 g/mol. The topological polar surface area (TPSA) is 161 Å². The molecule has 5 N–H and O–H groups in total. The van der Waals surface area contributed by atoms with Gasteiger partial charge in [0.15, 0.2) is 6.23 Å². The van der Waals surface area contributed by atoms with Gasteiger partial charge in [-0.05, 0) is 31.7 Å². The van der Waals surface area contributed by atoms with Gasteiger partial charge in [-0.15, -0.1) is 0 Å². The van der Waals surface area contributed by atoms with Gasteiger partial charge in [0.1, 0.15) is 6.61 Å². The van der Waals surface area contributed by atoms with E-state index < -0.39 is 30.8 Å². The third-order valence-electron chi connectivity index (χ3n) is 9.06. The quantitative estimate of drug-likeness (QED) is 0.0334. The first kappa shape index (κ1) is 50.3. The van der Waals surface area contributed by atoms with E-state index in [9.17, 15) is 24.6 Å². The van der Waals surface area contributed by atoms with Gasteiger partial charge in [-0.25, -0.2) is 4.79 Å². The third kappa shape index (κ3) is 28.4. The van der Waals surface area contributed by atoms with Crippen molar-refractivity contribution in [2.24, 2.45) is 5.73 Å². The lowest BCUT2D eigenvalue weighted by Crippen LogP contribution is -2.53. The molecule has 3 unspecified atom stereocenters. The molecule has 0 saturated carbocycles. The van der Waals surface area contributed by atoms with Crippen molar-refractivity contribution in [2.45, 2.75) is 194 Å². The first-order valence-corrected chi connectivity index (χ1v) is 20.8. The van der Waals surface area contributed by atoms with Crippen LogP contribution in [0.5, 0.6) is 0 Å². The van der Waals surface area contributed by atoms with Crippen molar-refractivity contribution >= 4 is 18.4 Å². The lowest BCUT2D eigenvalue weighted by Gasteiger charge is -2.34. The lowest BCUT2D eigenvalue weighted by atomic mass is 10.1. The second-order valence-electron chi connectivity index (χ2n) is 14.0. The Hall–Kier alpha value is -2.73. The van der Waals surface area contributed by atoms with Crippen molar-refractivity contribution in [1.29, 1.82) is 0 Å². The molecule has 1 aromatic carbocycles. The molecule has 1 fully saturated rings. The Morgan fingerprint density at radius 2 is 1.34 bits per heavy atom. The van der Waals surface area contributed by atoms with Gasteiger partial charge in [0.05, 0.1) is 18.8 Å². The number of aliphatic hydroxyl groups excluding tert-OH is 2. The van der Waals surface area contributed by atoms with Crippen molar-refractivity contribution in [2.75, 3.05) is 19.8 Å². The Morgan fingerprint density at radius 3 is 1.81 bits per heavy atom. The van der Waals surface area contributed by atoms with E-state index >= 15 is 0 Å². The van der Waals surface area contributed by atoms with Gasteiger partial charge < -0.3 is 35.5 Å². The van der Waals surface area contributed by atoms with Gasteiger partial charge in [-0.1, -0.05) is 160 Å². The second-order valence-corrected chi connectivity index (χ2v) is 14.0. The number of nitrogens with zero attached hydrogens (tertiary/aromatic N) is 1. The highest BCUT2D eigenvalue weighted by Crippen LogP contribution is 2.23. The van der Waals surface area contributed by atoms with Crippen molar-refractivity contribution in [3.05, 3.63) is 35.9 Å². The fourth-order valence-corrected chi connectivity index (χ4v) is 5.87. The number of unbranched alkanes of at least 4 members (excludes halogenated alkanes) is 17. The molecule has 0 spiro atoms. The predicted molar refractivity (Wildman–Crippen MR) is 213 cm³/mol. The van der Waals surface area contributed by atoms with Crippen LogP contribution in [0.2, 0.25) is 0 Å². The number of nitrogens with one attached hydrogen (secondary N) is 1. The summed E-state index contributed by atoms with van der Waals surface area (Å²) >= 11 is 0. The van der Waals surface area contributed by atoms with Crippen LogP contribution in [0, 0.1) is 0 Å². The molecule has 1 aliphatic rings. The number of cyclic esters (lactones) is 1. The van der Waals surface area contributed by atoms with Gasteiger partial charge in [0.2, 0.25) is 18.6 Å².